The maximum Gasteiger partial charge on any atom is 0.338 e. The quantitative estimate of drug-likeness (QED) is 0.0865. The molecular weight excluding hydrogens is 728 g/mol. The van der Waals surface area contributed by atoms with Crippen LogP contribution in [0.1, 0.15) is 44.9 Å². The molecular formula is C36H33ClN6O7S2. The van der Waals surface area contributed by atoms with Crippen LogP contribution in [0.3, 0.4) is 0 Å². The number of non-ortho nitro benzene ring substituents is 1. The Balaban J connectivity index is 1.53. The summed E-state index contributed by atoms with van der Waals surface area (Å²) >= 11 is 8.60. The number of hydrogen-bond donors (Lipinski definition) is 0. The van der Waals surface area contributed by atoms with Crippen LogP contribution < -0.4 is 24.4 Å². The fourth-order valence-corrected chi connectivity index (χ4v) is 8.00. The molecule has 2 aromatic heterocycles. The van der Waals surface area contributed by atoms with Crippen molar-refractivity contribution in [3.63, 3.8) is 0 Å². The number of halogens is 1. The van der Waals surface area contributed by atoms with Crippen molar-refractivity contribution in [3.8, 4) is 22.9 Å². The molecule has 0 saturated heterocycles. The number of esters is 1. The summed E-state index contributed by atoms with van der Waals surface area (Å²) in [5, 5.41) is 21.8. The topological polar surface area (TPSA) is 153 Å². The number of aromatic nitrogens is 4. The molecule has 1 atom stereocenters. The first kappa shape index (κ1) is 36.5. The minimum Gasteiger partial charge on any atom is -0.497 e. The molecule has 268 valence electrons. The second-order valence-corrected chi connectivity index (χ2v) is 14.2. The third-order valence-electron chi connectivity index (χ3n) is 8.12. The molecule has 6 rings (SSSR count). The highest BCUT2D eigenvalue weighted by molar-refractivity contribution is 7.99. The molecule has 0 unspecified atom stereocenters. The molecule has 0 fully saturated rings. The third-order valence-corrected chi connectivity index (χ3v) is 10.4. The Morgan fingerprint density at radius 3 is 2.58 bits per heavy atom. The van der Waals surface area contributed by atoms with Crippen molar-refractivity contribution < 1.29 is 23.9 Å². The van der Waals surface area contributed by atoms with Gasteiger partial charge in [-0.25, -0.2) is 9.79 Å². The molecule has 0 radical (unpaired) electrons. The van der Waals surface area contributed by atoms with Crippen LogP contribution in [-0.4, -0.2) is 50.5 Å². The molecule has 0 bridgehead atoms. The average molecular weight is 761 g/mol. The first-order chi connectivity index (χ1) is 24.9. The molecule has 16 heteroatoms. The Morgan fingerprint density at radius 2 is 1.90 bits per heavy atom. The van der Waals surface area contributed by atoms with E-state index in [9.17, 15) is 19.7 Å². The van der Waals surface area contributed by atoms with E-state index < -0.39 is 28.6 Å². The predicted molar refractivity (Wildman–Crippen MR) is 198 cm³/mol. The van der Waals surface area contributed by atoms with E-state index in [0.29, 0.717) is 60.6 Å². The number of nitrogens with zero attached hydrogens (tertiary/aromatic N) is 6. The maximum atomic E-state index is 14.5. The van der Waals surface area contributed by atoms with E-state index in [1.54, 1.807) is 63.2 Å². The smallest absolute Gasteiger partial charge is 0.338 e. The second kappa shape index (κ2) is 15.2. The van der Waals surface area contributed by atoms with Crippen molar-refractivity contribution in [3.05, 3.63) is 118 Å². The molecule has 1 aliphatic rings. The average Bonchev–Trinajstić information content (AvgIpc) is 3.66. The fourth-order valence-electron chi connectivity index (χ4n) is 5.79. The van der Waals surface area contributed by atoms with Crippen molar-refractivity contribution >= 4 is 52.4 Å². The molecule has 3 aromatic carbocycles. The summed E-state index contributed by atoms with van der Waals surface area (Å²) in [5.74, 6) is 0.884. The van der Waals surface area contributed by atoms with Gasteiger partial charge in [-0.3, -0.25) is 19.5 Å². The van der Waals surface area contributed by atoms with Crippen molar-refractivity contribution in [2.45, 2.75) is 56.4 Å². The van der Waals surface area contributed by atoms with Crippen molar-refractivity contribution in [1.29, 1.82) is 0 Å². The summed E-state index contributed by atoms with van der Waals surface area (Å²) in [5.41, 5.74) is 1.59. The zero-order chi connectivity index (χ0) is 37.3. The van der Waals surface area contributed by atoms with Crippen LogP contribution in [0.15, 0.2) is 91.8 Å². The Morgan fingerprint density at radius 1 is 1.12 bits per heavy atom. The summed E-state index contributed by atoms with van der Waals surface area (Å²) in [6.45, 7) is 7.65. The van der Waals surface area contributed by atoms with Gasteiger partial charge >= 0.3 is 5.97 Å². The van der Waals surface area contributed by atoms with Gasteiger partial charge in [-0.15, -0.1) is 10.2 Å². The predicted octanol–water partition coefficient (Wildman–Crippen LogP) is 6.20. The normalized spacial score (nSPS) is 14.3. The van der Waals surface area contributed by atoms with Gasteiger partial charge in [0.25, 0.3) is 11.2 Å². The molecule has 5 aromatic rings. The lowest BCUT2D eigenvalue weighted by atomic mass is 9.94. The number of rotatable bonds is 11. The molecule has 52 heavy (non-hydrogen) atoms. The SMILES string of the molecule is CCn1c(Sc2ccc([N+](=O)[O-])cc2/C=c2\sc3n(c2=O)[C@@H](c2cc(OC)ccc2OC)C(C(=O)OC(C)C)=C(C)N=3)nnc1-c1cccc(Cl)c1. The molecule has 0 spiro atoms. The van der Waals surface area contributed by atoms with Crippen molar-refractivity contribution in [1.82, 2.24) is 19.3 Å². The molecule has 0 aliphatic carbocycles. The molecule has 3 heterocycles. The highest BCUT2D eigenvalue weighted by Gasteiger charge is 2.36. The van der Waals surface area contributed by atoms with E-state index in [0.717, 1.165) is 16.9 Å². The van der Waals surface area contributed by atoms with Crippen LogP contribution in [0.4, 0.5) is 5.69 Å². The zero-order valence-electron chi connectivity index (χ0n) is 28.9. The monoisotopic (exact) mass is 760 g/mol. The van der Waals surface area contributed by atoms with Crippen LogP contribution in [0.2, 0.25) is 5.02 Å². The van der Waals surface area contributed by atoms with Gasteiger partial charge < -0.3 is 18.8 Å². The van der Waals surface area contributed by atoms with E-state index >= 15 is 0 Å². The third kappa shape index (κ3) is 7.11. The number of ether oxygens (including phenoxy) is 3. The standard InChI is InChI=1S/C36H33ClN6O7S2/c1-7-41-32(21-9-8-10-23(37)15-21)39-40-36(41)51-28-14-11-24(43(46)47)16-22(28)17-29-33(44)42-31(26-18-25(48-5)12-13-27(26)49-6)30(34(45)50-19(2)3)20(4)38-35(42)52-29/h8-19,31H,7H2,1-6H3/b29-17-/t31-/m0/s1. The number of carbonyl (C=O) groups excluding carboxylic acids is 1. The van der Waals surface area contributed by atoms with E-state index in [2.05, 4.69) is 15.2 Å². The van der Waals surface area contributed by atoms with E-state index in [1.807, 2.05) is 23.6 Å². The lowest BCUT2D eigenvalue weighted by Crippen LogP contribution is -2.40. The number of fused-ring (bicyclic) bond motifs is 1. The number of hydrogen-bond acceptors (Lipinski definition) is 12. The molecule has 0 saturated carbocycles. The van der Waals surface area contributed by atoms with Gasteiger partial charge in [0.1, 0.15) is 17.5 Å². The highest BCUT2D eigenvalue weighted by atomic mass is 35.5. The highest BCUT2D eigenvalue weighted by Crippen LogP contribution is 2.38. The number of methoxy groups -OCH3 is 2. The van der Waals surface area contributed by atoms with E-state index in [1.165, 1.54) is 42.7 Å². The summed E-state index contributed by atoms with van der Waals surface area (Å²) in [7, 11) is 3.01. The summed E-state index contributed by atoms with van der Waals surface area (Å²) in [6, 6.07) is 15.9. The number of nitro benzene ring substituents is 1. The molecule has 0 amide bonds. The fraction of sp³-hybridized carbons (Fsp3) is 0.250. The van der Waals surface area contributed by atoms with Crippen molar-refractivity contribution in [2.24, 2.45) is 4.99 Å². The Hall–Kier alpha value is -5.25. The van der Waals surface area contributed by atoms with Gasteiger partial charge in [0.15, 0.2) is 15.8 Å². The van der Waals surface area contributed by atoms with Crippen LogP contribution in [-0.2, 0) is 16.1 Å². The van der Waals surface area contributed by atoms with E-state index in [4.69, 9.17) is 25.8 Å². The maximum absolute atomic E-state index is 14.5. The Bertz CT molecular complexity index is 2440. The lowest BCUT2D eigenvalue weighted by Gasteiger charge is -2.26. The molecule has 1 aliphatic heterocycles. The lowest BCUT2D eigenvalue weighted by molar-refractivity contribution is -0.384. The number of allylic oxidation sites excluding steroid dienone is 1. The van der Waals surface area contributed by atoms with Crippen LogP contribution in [0.25, 0.3) is 17.5 Å². The molecule has 0 N–H and O–H groups in total. The van der Waals surface area contributed by atoms with Gasteiger partial charge in [0.2, 0.25) is 0 Å². The van der Waals surface area contributed by atoms with Gasteiger partial charge in [-0.2, -0.15) is 0 Å². The van der Waals surface area contributed by atoms with Crippen LogP contribution in [0, 0.1) is 10.1 Å². The largest absolute Gasteiger partial charge is 0.497 e. The Kier molecular flexibility index (Phi) is 10.6. The van der Waals surface area contributed by atoms with Crippen LogP contribution >= 0.6 is 34.7 Å². The number of carbonyl (C=O) groups is 1. The van der Waals surface area contributed by atoms with Crippen molar-refractivity contribution in [2.75, 3.05) is 14.2 Å². The second-order valence-electron chi connectivity index (χ2n) is 11.8. The minimum absolute atomic E-state index is 0.159. The number of benzene rings is 3. The van der Waals surface area contributed by atoms with Gasteiger partial charge in [-0.1, -0.05) is 35.1 Å². The summed E-state index contributed by atoms with van der Waals surface area (Å²) < 4.78 is 20.4. The first-order valence-electron chi connectivity index (χ1n) is 16.0. The first-order valence-corrected chi connectivity index (χ1v) is 18.1. The summed E-state index contributed by atoms with van der Waals surface area (Å²) in [6.07, 6.45) is 1.16. The number of thiazole rings is 1. The van der Waals surface area contributed by atoms with Gasteiger partial charge in [0, 0.05) is 39.7 Å². The van der Waals surface area contributed by atoms with Gasteiger partial charge in [-0.05, 0) is 87.5 Å². The van der Waals surface area contributed by atoms with Gasteiger partial charge in [0.05, 0.1) is 41.0 Å². The van der Waals surface area contributed by atoms with E-state index in [-0.39, 0.29) is 15.8 Å². The van der Waals surface area contributed by atoms with Crippen LogP contribution in [0.5, 0.6) is 11.5 Å². The summed E-state index contributed by atoms with van der Waals surface area (Å²) in [4.78, 5) is 45.1. The zero-order valence-corrected chi connectivity index (χ0v) is 31.3. The Labute approximate surface area is 311 Å². The molecule has 13 nitrogen and oxygen atoms in total. The minimum atomic E-state index is -0.985. The number of nitro groups is 1.